The van der Waals surface area contributed by atoms with Crippen LogP contribution in [0.2, 0.25) is 0 Å². The third-order valence-corrected chi connectivity index (χ3v) is 3.39. The van der Waals surface area contributed by atoms with Crippen molar-refractivity contribution >= 4 is 10.1 Å². The van der Waals surface area contributed by atoms with Crippen molar-refractivity contribution in [2.75, 3.05) is 19.8 Å². The van der Waals surface area contributed by atoms with E-state index in [0.717, 1.165) is 25.7 Å². The molecule has 0 bridgehead atoms. The summed E-state index contributed by atoms with van der Waals surface area (Å²) >= 11 is 0. The van der Waals surface area contributed by atoms with E-state index in [0.29, 0.717) is 19.6 Å². The second-order valence-corrected chi connectivity index (χ2v) is 5.71. The highest BCUT2D eigenvalue weighted by molar-refractivity contribution is 7.87. The molecule has 8 heteroatoms. The van der Waals surface area contributed by atoms with E-state index in [4.69, 9.17) is 4.74 Å². The lowest BCUT2D eigenvalue weighted by molar-refractivity contribution is -0.0543. The molecule has 0 saturated carbocycles. The first-order valence-corrected chi connectivity index (χ1v) is 7.75. The van der Waals surface area contributed by atoms with Crippen LogP contribution in [0.5, 0.6) is 0 Å². The predicted octanol–water partition coefficient (Wildman–Crippen LogP) is 3.23. The van der Waals surface area contributed by atoms with Gasteiger partial charge in [-0.1, -0.05) is 26.2 Å². The van der Waals surface area contributed by atoms with E-state index < -0.39 is 22.2 Å². The molecule has 0 N–H and O–H groups in total. The zero-order valence-corrected chi connectivity index (χ0v) is 11.9. The van der Waals surface area contributed by atoms with E-state index in [2.05, 4.69) is 11.1 Å². The number of rotatable bonds is 11. The average molecular weight is 306 g/mol. The van der Waals surface area contributed by atoms with Crippen LogP contribution in [-0.2, 0) is 19.0 Å². The first-order chi connectivity index (χ1) is 8.81. The Bertz CT molecular complexity index is 314. The van der Waals surface area contributed by atoms with Crippen LogP contribution in [0, 0.1) is 0 Å². The van der Waals surface area contributed by atoms with Crippen molar-refractivity contribution in [1.29, 1.82) is 0 Å². The van der Waals surface area contributed by atoms with Gasteiger partial charge in [-0.25, -0.2) is 0 Å². The van der Waals surface area contributed by atoms with E-state index in [9.17, 15) is 21.6 Å². The maximum absolute atomic E-state index is 11.9. The van der Waals surface area contributed by atoms with Crippen molar-refractivity contribution in [2.45, 2.75) is 51.0 Å². The topological polar surface area (TPSA) is 52.6 Å². The minimum atomic E-state index is -5.45. The average Bonchev–Trinajstić information content (AvgIpc) is 2.30. The van der Waals surface area contributed by atoms with Gasteiger partial charge < -0.3 is 4.74 Å². The third kappa shape index (κ3) is 9.23. The fraction of sp³-hybridized carbons (Fsp3) is 1.00. The molecule has 0 heterocycles. The molecule has 0 amide bonds. The maximum Gasteiger partial charge on any atom is 0.523 e. The second-order valence-electron chi connectivity index (χ2n) is 4.10. The van der Waals surface area contributed by atoms with Gasteiger partial charge in [0, 0.05) is 13.2 Å². The van der Waals surface area contributed by atoms with Gasteiger partial charge in [-0.15, -0.1) is 0 Å². The van der Waals surface area contributed by atoms with E-state index in [-0.39, 0.29) is 6.42 Å². The van der Waals surface area contributed by atoms with Crippen LogP contribution in [0.3, 0.4) is 0 Å². The minimum Gasteiger partial charge on any atom is -0.381 e. The lowest BCUT2D eigenvalue weighted by Crippen LogP contribution is -2.25. The van der Waals surface area contributed by atoms with Crippen LogP contribution < -0.4 is 0 Å². The molecule has 0 fully saturated rings. The van der Waals surface area contributed by atoms with Crippen molar-refractivity contribution in [3.63, 3.8) is 0 Å². The molecule has 19 heavy (non-hydrogen) atoms. The minimum absolute atomic E-state index is 0.213. The number of halogens is 3. The summed E-state index contributed by atoms with van der Waals surface area (Å²) in [7, 11) is -5.45. The third-order valence-electron chi connectivity index (χ3n) is 2.35. The normalized spacial score (nSPS) is 12.8. The maximum atomic E-state index is 11.9. The highest BCUT2D eigenvalue weighted by atomic mass is 32.2. The van der Waals surface area contributed by atoms with Crippen LogP contribution >= 0.6 is 0 Å². The van der Waals surface area contributed by atoms with Crippen LogP contribution in [0.25, 0.3) is 0 Å². The molecule has 0 spiro atoms. The highest BCUT2D eigenvalue weighted by Crippen LogP contribution is 2.24. The van der Waals surface area contributed by atoms with E-state index in [1.807, 2.05) is 0 Å². The van der Waals surface area contributed by atoms with E-state index >= 15 is 0 Å². The first kappa shape index (κ1) is 18.7. The van der Waals surface area contributed by atoms with E-state index in [1.54, 1.807) is 0 Å². The lowest BCUT2D eigenvalue weighted by Gasteiger charge is -2.08. The second kappa shape index (κ2) is 9.55. The molecule has 0 unspecified atom stereocenters. The molecule has 0 saturated heterocycles. The Morgan fingerprint density at radius 2 is 1.42 bits per heavy atom. The van der Waals surface area contributed by atoms with Gasteiger partial charge >= 0.3 is 15.6 Å². The first-order valence-electron chi connectivity index (χ1n) is 6.34. The zero-order valence-electron chi connectivity index (χ0n) is 11.0. The standard InChI is InChI=1S/C11H21F3O4S/c1-2-3-4-5-8-17-9-6-7-10-18-19(15,16)11(12,13)14/h2-10H2,1H3. The van der Waals surface area contributed by atoms with Crippen LogP contribution in [0.1, 0.15) is 45.4 Å². The number of alkyl halides is 3. The molecule has 0 aliphatic rings. The lowest BCUT2D eigenvalue weighted by atomic mass is 10.2. The van der Waals surface area contributed by atoms with Gasteiger partial charge in [0.25, 0.3) is 0 Å². The molecule has 116 valence electrons. The summed E-state index contributed by atoms with van der Waals surface area (Å²) in [6.07, 6.45) is 5.05. The Morgan fingerprint density at radius 3 is 1.95 bits per heavy atom. The van der Waals surface area contributed by atoms with Gasteiger partial charge in [0.2, 0.25) is 0 Å². The number of unbranched alkanes of at least 4 members (excludes halogenated alkanes) is 4. The zero-order chi connectivity index (χ0) is 14.8. The van der Waals surface area contributed by atoms with Gasteiger partial charge in [0.05, 0.1) is 6.61 Å². The van der Waals surface area contributed by atoms with Gasteiger partial charge in [-0.05, 0) is 19.3 Å². The van der Waals surface area contributed by atoms with Crippen LogP contribution in [0.4, 0.5) is 13.2 Å². The number of ether oxygens (including phenoxy) is 1. The van der Waals surface area contributed by atoms with Crippen molar-refractivity contribution in [1.82, 2.24) is 0 Å². The van der Waals surface area contributed by atoms with Gasteiger partial charge in [-0.2, -0.15) is 21.6 Å². The van der Waals surface area contributed by atoms with Crippen molar-refractivity contribution in [3.05, 3.63) is 0 Å². The Kier molecular flexibility index (Phi) is 9.38. The summed E-state index contributed by atoms with van der Waals surface area (Å²) in [5.41, 5.74) is -5.34. The van der Waals surface area contributed by atoms with Crippen LogP contribution in [0.15, 0.2) is 0 Å². The summed E-state index contributed by atoms with van der Waals surface area (Å²) in [6.45, 7) is 2.67. The van der Waals surface area contributed by atoms with E-state index in [1.165, 1.54) is 0 Å². The highest BCUT2D eigenvalue weighted by Gasteiger charge is 2.47. The Balaban J connectivity index is 3.42. The Hall–Kier alpha value is -0.340. The molecule has 0 radical (unpaired) electrons. The molecular weight excluding hydrogens is 285 g/mol. The quantitative estimate of drug-likeness (QED) is 0.334. The number of hydrogen-bond donors (Lipinski definition) is 0. The predicted molar refractivity (Wildman–Crippen MR) is 65.1 cm³/mol. The Labute approximate surface area is 112 Å². The van der Waals surface area contributed by atoms with Crippen molar-refractivity contribution in [2.24, 2.45) is 0 Å². The van der Waals surface area contributed by atoms with Crippen molar-refractivity contribution < 1.29 is 30.5 Å². The summed E-state index contributed by atoms with van der Waals surface area (Å²) < 4.78 is 65.7. The fourth-order valence-corrected chi connectivity index (χ4v) is 1.75. The molecule has 0 aliphatic carbocycles. The van der Waals surface area contributed by atoms with Crippen molar-refractivity contribution in [3.8, 4) is 0 Å². The summed E-state index contributed by atoms with van der Waals surface area (Å²) in [5.74, 6) is 0. The molecule has 0 aromatic carbocycles. The fourth-order valence-electron chi connectivity index (χ4n) is 1.27. The summed E-state index contributed by atoms with van der Waals surface area (Å²) in [5, 5.41) is 0. The molecule has 0 aliphatic heterocycles. The van der Waals surface area contributed by atoms with Crippen LogP contribution in [-0.4, -0.2) is 33.7 Å². The molecule has 0 rings (SSSR count). The smallest absolute Gasteiger partial charge is 0.381 e. The summed E-state index contributed by atoms with van der Waals surface area (Å²) in [4.78, 5) is 0. The largest absolute Gasteiger partial charge is 0.523 e. The molecule has 4 nitrogen and oxygen atoms in total. The molecule has 0 aromatic heterocycles. The monoisotopic (exact) mass is 306 g/mol. The molecule has 0 atom stereocenters. The van der Waals surface area contributed by atoms with Gasteiger partial charge in [-0.3, -0.25) is 4.18 Å². The summed E-state index contributed by atoms with van der Waals surface area (Å²) in [6, 6.07) is 0. The molecule has 0 aromatic rings. The molecular formula is C11H21F3O4S. The number of hydrogen-bond acceptors (Lipinski definition) is 4. The SMILES string of the molecule is CCCCCCOCCCCOS(=O)(=O)C(F)(F)F. The Morgan fingerprint density at radius 1 is 0.895 bits per heavy atom. The van der Waals surface area contributed by atoms with Gasteiger partial charge in [0.15, 0.2) is 0 Å². The van der Waals surface area contributed by atoms with Gasteiger partial charge in [0.1, 0.15) is 0 Å².